The number of carbonyl (C=O) groups is 1. The average Bonchev–Trinajstić information content (AvgIpc) is 2.57. The number of ether oxygens (including phenoxy) is 1. The molecule has 1 amide bonds. The zero-order valence-electron chi connectivity index (χ0n) is 12.4. The number of nitrogens with zero attached hydrogens (tertiary/aromatic N) is 3. The Balaban J connectivity index is 2.09. The van der Waals surface area contributed by atoms with Crippen molar-refractivity contribution in [1.82, 2.24) is 14.7 Å². The summed E-state index contributed by atoms with van der Waals surface area (Å²) in [6, 6.07) is 1.96. The van der Waals surface area contributed by atoms with Gasteiger partial charge in [0, 0.05) is 26.1 Å². The molecular weight excluding hydrogens is 258 g/mol. The Hall–Kier alpha value is -1.56. The predicted molar refractivity (Wildman–Crippen MR) is 74.3 cm³/mol. The molecule has 2 rings (SSSR count). The maximum atomic E-state index is 12.1. The molecule has 0 spiro atoms. The Morgan fingerprint density at radius 1 is 1.45 bits per heavy atom. The number of fused-ring (bicyclic) bond motifs is 1. The predicted octanol–water partition coefficient (Wildman–Crippen LogP) is 1.56. The summed E-state index contributed by atoms with van der Waals surface area (Å²) >= 11 is 0. The van der Waals surface area contributed by atoms with Crippen molar-refractivity contribution in [3.63, 3.8) is 0 Å². The fourth-order valence-electron chi connectivity index (χ4n) is 2.24. The van der Waals surface area contributed by atoms with Gasteiger partial charge in [0.1, 0.15) is 5.60 Å². The zero-order chi connectivity index (χ0) is 14.8. The minimum Gasteiger partial charge on any atom is -0.444 e. The highest BCUT2D eigenvalue weighted by Gasteiger charge is 2.25. The average molecular weight is 281 g/mol. The number of aliphatic hydroxyl groups is 1. The van der Waals surface area contributed by atoms with Gasteiger partial charge in [-0.25, -0.2) is 4.79 Å². The van der Waals surface area contributed by atoms with Crippen LogP contribution in [0.4, 0.5) is 4.79 Å². The van der Waals surface area contributed by atoms with Gasteiger partial charge in [0.05, 0.1) is 17.9 Å². The lowest BCUT2D eigenvalue weighted by Gasteiger charge is -2.26. The maximum absolute atomic E-state index is 12.1. The second-order valence-corrected chi connectivity index (χ2v) is 6.08. The van der Waals surface area contributed by atoms with Crippen molar-refractivity contribution in [2.45, 2.75) is 52.3 Å². The van der Waals surface area contributed by atoms with E-state index in [1.807, 2.05) is 31.5 Å². The molecule has 112 valence electrons. The number of amides is 1. The second-order valence-electron chi connectivity index (χ2n) is 6.08. The van der Waals surface area contributed by atoms with Gasteiger partial charge < -0.3 is 14.7 Å². The summed E-state index contributed by atoms with van der Waals surface area (Å²) in [6.07, 6.45) is 1.12. The van der Waals surface area contributed by atoms with E-state index >= 15 is 0 Å². The lowest BCUT2D eigenvalue weighted by Crippen LogP contribution is -2.36. The third-order valence-corrected chi connectivity index (χ3v) is 3.08. The van der Waals surface area contributed by atoms with Gasteiger partial charge in [-0.2, -0.15) is 5.10 Å². The van der Waals surface area contributed by atoms with Crippen LogP contribution in [0.15, 0.2) is 6.07 Å². The van der Waals surface area contributed by atoms with E-state index in [4.69, 9.17) is 9.84 Å². The highest BCUT2D eigenvalue weighted by atomic mass is 16.6. The van der Waals surface area contributed by atoms with Crippen molar-refractivity contribution in [3.05, 3.63) is 17.5 Å². The van der Waals surface area contributed by atoms with Crippen LogP contribution < -0.4 is 0 Å². The molecule has 0 aromatic carbocycles. The summed E-state index contributed by atoms with van der Waals surface area (Å²) in [4.78, 5) is 13.9. The largest absolute Gasteiger partial charge is 0.444 e. The fourth-order valence-corrected chi connectivity index (χ4v) is 2.24. The molecule has 0 fully saturated rings. The Kier molecular flexibility index (Phi) is 4.32. The summed E-state index contributed by atoms with van der Waals surface area (Å²) in [7, 11) is 0. The lowest BCUT2D eigenvalue weighted by atomic mass is 10.2. The minimum absolute atomic E-state index is 0.0895. The Labute approximate surface area is 119 Å². The van der Waals surface area contributed by atoms with Crippen LogP contribution in [0.1, 0.15) is 38.6 Å². The molecule has 0 aliphatic carbocycles. The minimum atomic E-state index is -0.480. The molecule has 0 saturated carbocycles. The molecule has 0 unspecified atom stereocenters. The molecule has 2 heterocycles. The van der Waals surface area contributed by atoms with Crippen molar-refractivity contribution < 1.29 is 14.6 Å². The van der Waals surface area contributed by atoms with Crippen LogP contribution in [0.3, 0.4) is 0 Å². The summed E-state index contributed by atoms with van der Waals surface area (Å²) < 4.78 is 7.35. The molecule has 6 nitrogen and oxygen atoms in total. The smallest absolute Gasteiger partial charge is 0.410 e. The van der Waals surface area contributed by atoms with E-state index < -0.39 is 5.60 Å². The normalized spacial score (nSPS) is 15.7. The monoisotopic (exact) mass is 281 g/mol. The first-order valence-corrected chi connectivity index (χ1v) is 7.03. The van der Waals surface area contributed by atoms with Crippen molar-refractivity contribution in [2.24, 2.45) is 0 Å². The van der Waals surface area contributed by atoms with Crippen molar-refractivity contribution in [1.29, 1.82) is 0 Å². The van der Waals surface area contributed by atoms with Gasteiger partial charge in [-0.05, 0) is 33.3 Å². The Morgan fingerprint density at radius 2 is 2.20 bits per heavy atom. The zero-order valence-corrected chi connectivity index (χ0v) is 12.4. The van der Waals surface area contributed by atoms with Gasteiger partial charge in [-0.15, -0.1) is 0 Å². The molecule has 1 aromatic rings. The third kappa shape index (κ3) is 3.72. The molecule has 6 heteroatoms. The number of aromatic nitrogens is 2. The van der Waals surface area contributed by atoms with Crippen LogP contribution >= 0.6 is 0 Å². The highest BCUT2D eigenvalue weighted by molar-refractivity contribution is 5.68. The molecule has 1 aliphatic heterocycles. The van der Waals surface area contributed by atoms with Gasteiger partial charge in [-0.3, -0.25) is 4.68 Å². The van der Waals surface area contributed by atoms with E-state index in [0.29, 0.717) is 19.5 Å². The van der Waals surface area contributed by atoms with E-state index in [-0.39, 0.29) is 12.7 Å². The lowest BCUT2D eigenvalue weighted by molar-refractivity contribution is 0.0236. The third-order valence-electron chi connectivity index (χ3n) is 3.08. The maximum Gasteiger partial charge on any atom is 0.410 e. The Bertz CT molecular complexity index is 476. The van der Waals surface area contributed by atoms with E-state index in [0.717, 1.165) is 24.4 Å². The van der Waals surface area contributed by atoms with Crippen LogP contribution in [0.25, 0.3) is 0 Å². The molecule has 0 bridgehead atoms. The highest BCUT2D eigenvalue weighted by Crippen LogP contribution is 2.17. The molecule has 1 aliphatic rings. The SMILES string of the molecule is CC(C)(C)OC(=O)N1CCCn2nc(CCO)cc2C1. The molecule has 0 radical (unpaired) electrons. The number of aliphatic hydroxyl groups excluding tert-OH is 1. The van der Waals surface area contributed by atoms with Crippen molar-refractivity contribution in [3.8, 4) is 0 Å². The standard InChI is InChI=1S/C14H23N3O3/c1-14(2,3)20-13(19)16-6-4-7-17-12(10-16)9-11(15-17)5-8-18/h9,18H,4-8,10H2,1-3H3. The summed E-state index contributed by atoms with van der Waals surface area (Å²) in [6.45, 7) is 7.66. The van der Waals surface area contributed by atoms with Crippen molar-refractivity contribution >= 4 is 6.09 Å². The van der Waals surface area contributed by atoms with E-state index in [1.54, 1.807) is 4.90 Å². The molecule has 0 atom stereocenters. The number of carbonyl (C=O) groups excluding carboxylic acids is 1. The first kappa shape index (κ1) is 14.8. The van der Waals surface area contributed by atoms with Crippen LogP contribution in [-0.2, 0) is 24.2 Å². The molecule has 1 aromatic heterocycles. The van der Waals surface area contributed by atoms with Gasteiger partial charge >= 0.3 is 6.09 Å². The Morgan fingerprint density at radius 3 is 2.85 bits per heavy atom. The fraction of sp³-hybridized carbons (Fsp3) is 0.714. The van der Waals surface area contributed by atoms with Crippen molar-refractivity contribution in [2.75, 3.05) is 13.2 Å². The van der Waals surface area contributed by atoms with Crippen LogP contribution in [0, 0.1) is 0 Å². The van der Waals surface area contributed by atoms with Gasteiger partial charge in [0.25, 0.3) is 0 Å². The summed E-state index contributed by atoms with van der Waals surface area (Å²) in [5, 5.41) is 13.4. The molecule has 1 N–H and O–H groups in total. The van der Waals surface area contributed by atoms with E-state index in [2.05, 4.69) is 5.10 Å². The number of hydrogen-bond donors (Lipinski definition) is 1. The van der Waals surface area contributed by atoms with Crippen LogP contribution in [0.2, 0.25) is 0 Å². The van der Waals surface area contributed by atoms with E-state index in [9.17, 15) is 4.79 Å². The summed E-state index contributed by atoms with van der Waals surface area (Å²) in [5.74, 6) is 0. The second kappa shape index (κ2) is 5.83. The van der Waals surface area contributed by atoms with Crippen LogP contribution in [0.5, 0.6) is 0 Å². The molecular formula is C14H23N3O3. The van der Waals surface area contributed by atoms with Gasteiger partial charge in [0.15, 0.2) is 0 Å². The molecule has 0 saturated heterocycles. The number of hydrogen-bond acceptors (Lipinski definition) is 4. The van der Waals surface area contributed by atoms with Crippen LogP contribution in [-0.4, -0.2) is 44.6 Å². The topological polar surface area (TPSA) is 67.6 Å². The molecule has 20 heavy (non-hydrogen) atoms. The first-order valence-electron chi connectivity index (χ1n) is 7.03. The first-order chi connectivity index (χ1) is 9.39. The summed E-state index contributed by atoms with van der Waals surface area (Å²) in [5.41, 5.74) is 1.39. The number of rotatable bonds is 2. The van der Waals surface area contributed by atoms with Gasteiger partial charge in [-0.1, -0.05) is 0 Å². The number of aryl methyl sites for hydroxylation is 1. The van der Waals surface area contributed by atoms with Gasteiger partial charge in [0.2, 0.25) is 0 Å². The quantitative estimate of drug-likeness (QED) is 0.893. The van der Waals surface area contributed by atoms with E-state index in [1.165, 1.54) is 0 Å².